The molecule has 1 atom stereocenters. The molecule has 433 valence electrons. The molecule has 0 saturated carbocycles. The number of hydrogen-bond acceptors (Lipinski definition) is 5. The van der Waals surface area contributed by atoms with Gasteiger partial charge < -0.3 is 23.5 Å². The molecule has 20 heteroatoms. The summed E-state index contributed by atoms with van der Waals surface area (Å²) in [6.07, 6.45) is -0.580. The summed E-state index contributed by atoms with van der Waals surface area (Å²) in [6.45, 7) is 0. The SMILES string of the molecule is C.Clc1ccccc1.O=C(Cl)c1ccc(Cl)cc1.O=C(Cl)c1ccccc1.O=C(c1ccccc1)c1ccc(Cl)cc1.O=C(c1ccccc1)c1ccc(Cl)cc1.OC(c1ccccc1)c1ccc(Cl)cc1.[B].[Br-].[Cl][Al]([Cl])[Cl].[H-].[Mg+2].[Na+].[c-]1ccccc1. The van der Waals surface area contributed by atoms with E-state index >= 15 is 0 Å². The summed E-state index contributed by atoms with van der Waals surface area (Å²) in [6, 6.07) is 86.1. The number of benzene rings is 10. The second-order valence-electron chi connectivity index (χ2n) is 15.8. The standard InChI is InChI=1S/C13H11ClO.2C13H9ClO.C7H4Cl2O.C7H5ClO.C6H5Cl.C6H5.CH4.Al.B.BrH.3ClH.Mg.Na.H/c3*14-12-8-6-11(7-9-12)13(15)10-4-2-1-3-5-10;8-6-3-1-5(2-4-6)7(9)10;8-7(9)6-4-2-1-3-5-6;7-6-4-2-1-3-5-6;1-2-4-6-5-3-1;;;;;;;;;;/h1-9,13,15H;2*1-9H;1-4H;1-5H;1-5H;1-5H;1H4;;;4*1H;;;/q;;;;;;-1;;+3;;;;;;+2;+1;-1/p-4. The zero-order chi connectivity index (χ0) is 59.2. The molecule has 1 unspecified atom stereocenters. The summed E-state index contributed by atoms with van der Waals surface area (Å²) in [7, 11) is 14.8. The number of carbonyl (C=O) groups excluding carboxylic acids is 4. The molecule has 0 bridgehead atoms. The first-order chi connectivity index (χ1) is 38.9. The Hall–Kier alpha value is -3.42. The molecule has 0 amide bonds. The average molecular weight is 1450 g/mol. The van der Waals surface area contributed by atoms with Crippen LogP contribution in [0.4, 0.5) is 0 Å². The van der Waals surface area contributed by atoms with Crippen LogP contribution in [0.3, 0.4) is 0 Å². The number of aliphatic hydroxyl groups is 1. The van der Waals surface area contributed by atoms with Crippen molar-refractivity contribution in [1.29, 1.82) is 0 Å². The summed E-state index contributed by atoms with van der Waals surface area (Å²) < 4.78 is 0. The summed E-state index contributed by atoms with van der Waals surface area (Å²) in [4.78, 5) is 44.7. The normalized spacial score (nSPS) is 9.24. The second-order valence-corrected chi connectivity index (χ2v) is 25.1. The third-order valence-corrected chi connectivity index (χ3v) is 11.7. The van der Waals surface area contributed by atoms with E-state index in [4.69, 9.17) is 111 Å². The van der Waals surface area contributed by atoms with Crippen molar-refractivity contribution >= 4 is 176 Å². The molecular formula is C66H53AlBBrCl10MgNaO5. The number of halogens is 11. The zero-order valence-corrected chi connectivity index (χ0v) is 58.9. The number of carbonyl (C=O) groups is 4. The molecule has 0 aromatic heterocycles. The van der Waals surface area contributed by atoms with E-state index in [-0.39, 0.29) is 98.4 Å². The van der Waals surface area contributed by atoms with E-state index in [0.29, 0.717) is 53.5 Å². The molecule has 1 N–H and O–H groups in total. The van der Waals surface area contributed by atoms with Crippen molar-refractivity contribution < 1.29 is 72.3 Å². The van der Waals surface area contributed by atoms with Gasteiger partial charge in [-0.1, -0.05) is 217 Å². The van der Waals surface area contributed by atoms with Gasteiger partial charge in [-0.05, 0) is 131 Å². The fourth-order valence-corrected chi connectivity index (χ4v) is 7.00. The van der Waals surface area contributed by atoms with Gasteiger partial charge in [-0.15, -0.1) is 0 Å². The molecule has 0 aliphatic carbocycles. The zero-order valence-electron chi connectivity index (χ0n) is 46.2. The summed E-state index contributed by atoms with van der Waals surface area (Å²) in [5, 5.41) is 12.5. The Kier molecular flexibility index (Phi) is 52.8. The predicted molar refractivity (Wildman–Crippen MR) is 362 cm³/mol. The van der Waals surface area contributed by atoms with E-state index < -0.39 is 28.0 Å². The van der Waals surface area contributed by atoms with Crippen LogP contribution in [-0.4, -0.2) is 70.0 Å². The van der Waals surface area contributed by atoms with Crippen molar-refractivity contribution in [2.75, 3.05) is 0 Å². The fourth-order valence-electron chi connectivity index (χ4n) is 6.09. The van der Waals surface area contributed by atoms with Crippen molar-refractivity contribution in [3.05, 3.63) is 355 Å². The van der Waals surface area contributed by atoms with Crippen LogP contribution in [0.25, 0.3) is 0 Å². The van der Waals surface area contributed by atoms with Gasteiger partial charge in [0.1, 0.15) is 6.10 Å². The van der Waals surface area contributed by atoms with Gasteiger partial charge in [0.15, 0.2) is 11.6 Å². The number of rotatable bonds is 8. The molecule has 5 nitrogen and oxygen atoms in total. The molecule has 0 heterocycles. The fraction of sp³-hybridized carbons (Fsp3) is 0.0303. The van der Waals surface area contributed by atoms with Gasteiger partial charge in [0.05, 0.1) is 0 Å². The smallest absolute Gasteiger partial charge is 1.00 e. The Labute approximate surface area is 609 Å². The maximum Gasteiger partial charge on any atom is 2.00 e. The average Bonchev–Trinajstić information content (AvgIpc) is 3.68. The van der Waals surface area contributed by atoms with Crippen LogP contribution in [-0.2, 0) is 0 Å². The number of ketones is 2. The summed E-state index contributed by atoms with van der Waals surface area (Å²) in [5.74, 6) is 0.0412. The Morgan fingerprint density at radius 3 is 0.814 bits per heavy atom. The van der Waals surface area contributed by atoms with E-state index in [1.165, 1.54) is 0 Å². The van der Waals surface area contributed by atoms with Gasteiger partial charge in [-0.3, -0.25) is 19.2 Å². The van der Waals surface area contributed by atoms with Crippen LogP contribution >= 0.6 is 111 Å². The maximum absolute atomic E-state index is 11.9. The molecule has 0 fully saturated rings. The van der Waals surface area contributed by atoms with Gasteiger partial charge in [0.25, 0.3) is 10.5 Å². The first-order valence-electron chi connectivity index (χ1n) is 23.9. The van der Waals surface area contributed by atoms with Crippen molar-refractivity contribution in [2.24, 2.45) is 0 Å². The van der Waals surface area contributed by atoms with Crippen LogP contribution in [0, 0.1) is 6.07 Å². The Balaban J connectivity index is -0.000000461. The van der Waals surface area contributed by atoms with E-state index in [1.807, 2.05) is 146 Å². The van der Waals surface area contributed by atoms with Gasteiger partial charge in [-0.2, -0.15) is 36.4 Å². The molecule has 0 saturated heterocycles. The molecule has 0 spiro atoms. The maximum atomic E-state index is 11.9. The Morgan fingerprint density at radius 1 is 0.360 bits per heavy atom. The topological polar surface area (TPSA) is 88.5 Å². The molecule has 3 radical (unpaired) electrons. The van der Waals surface area contributed by atoms with Gasteiger partial charge in [0.2, 0.25) is 0 Å². The largest absolute Gasteiger partial charge is 2.00 e. The van der Waals surface area contributed by atoms with Crippen LogP contribution in [0.2, 0.25) is 25.1 Å². The minimum atomic E-state index is -1.72. The minimum Gasteiger partial charge on any atom is -1.00 e. The van der Waals surface area contributed by atoms with Crippen molar-refractivity contribution in [2.45, 2.75) is 13.5 Å². The van der Waals surface area contributed by atoms with Crippen LogP contribution < -0.4 is 46.5 Å². The monoisotopic (exact) mass is 1440 g/mol. The number of hydrogen-bond donors (Lipinski definition) is 1. The molecule has 10 rings (SSSR count). The third-order valence-electron chi connectivity index (χ3n) is 10.00. The molecule has 10 aromatic rings. The molecule has 0 aliphatic heterocycles. The van der Waals surface area contributed by atoms with E-state index in [9.17, 15) is 24.3 Å². The van der Waals surface area contributed by atoms with Gasteiger partial charge in [-0.25, -0.2) is 30.1 Å². The summed E-state index contributed by atoms with van der Waals surface area (Å²) >= 11 is 37.0. The third kappa shape index (κ3) is 38.9. The van der Waals surface area contributed by atoms with Crippen LogP contribution in [0.1, 0.15) is 78.6 Å². The first kappa shape index (κ1) is 86.8. The van der Waals surface area contributed by atoms with Crippen molar-refractivity contribution in [3.8, 4) is 0 Å². The van der Waals surface area contributed by atoms with E-state index in [1.54, 1.807) is 133 Å². The van der Waals surface area contributed by atoms with Crippen LogP contribution in [0.5, 0.6) is 0 Å². The Bertz CT molecular complexity index is 3220. The van der Waals surface area contributed by atoms with E-state index in [2.05, 4.69) is 6.07 Å². The molecular weight excluding hydrogens is 1390 g/mol. The van der Waals surface area contributed by atoms with Crippen LogP contribution in [0.15, 0.2) is 279 Å². The summed E-state index contributed by atoms with van der Waals surface area (Å²) in [5.41, 5.74) is 5.45. The second kappa shape index (κ2) is 52.4. The Morgan fingerprint density at radius 2 is 0.570 bits per heavy atom. The van der Waals surface area contributed by atoms with Gasteiger partial charge in [0, 0.05) is 66.9 Å². The minimum absolute atomic E-state index is 0. The number of aliphatic hydroxyl groups excluding tert-OH is 1. The molecule has 0 aliphatic rings. The predicted octanol–water partition coefficient (Wildman–Crippen LogP) is 14.9. The quantitative estimate of drug-likeness (QED) is 0.0709. The first-order valence-corrected chi connectivity index (χ1v) is 31.8. The van der Waals surface area contributed by atoms with Crippen molar-refractivity contribution in [3.63, 3.8) is 0 Å². The molecule has 86 heavy (non-hydrogen) atoms. The molecule has 10 aromatic carbocycles. The van der Waals surface area contributed by atoms with E-state index in [0.717, 1.165) is 16.1 Å². The van der Waals surface area contributed by atoms with Crippen molar-refractivity contribution in [1.82, 2.24) is 0 Å². The van der Waals surface area contributed by atoms with Gasteiger partial charge >= 0.3 is 64.0 Å².